The lowest BCUT2D eigenvalue weighted by Crippen LogP contribution is -2.10. The molecule has 0 saturated carbocycles. The number of benzene rings is 7. The molecule has 7 aromatic carbocycles. The van der Waals surface area contributed by atoms with Gasteiger partial charge in [-0.2, -0.15) is 34.9 Å². The Labute approximate surface area is 829 Å². The number of methoxy groups -OCH3 is 5. The number of fused-ring (bicyclic) bond motifs is 4. The topological polar surface area (TPSA) is 444 Å². The maximum atomic E-state index is 12.1. The van der Waals surface area contributed by atoms with E-state index in [0.29, 0.717) is 201 Å². The monoisotopic (exact) mass is 2080 g/mol. The van der Waals surface area contributed by atoms with Gasteiger partial charge in [0, 0.05) is 106 Å². The van der Waals surface area contributed by atoms with Crippen molar-refractivity contribution in [2.24, 2.45) is 0 Å². The fourth-order valence-corrected chi connectivity index (χ4v) is 18.3. The smallest absolute Gasteiger partial charge is 0.321 e. The Bertz CT molecular complexity index is 6440. The third kappa shape index (κ3) is 23.5. The molecular formula is C86H77Cl13N22O9S2. The standard InChI is InChI=1S/C19H18Cl2N4O2.C18H15Cl3N4O2.C13H12Cl2N4O.C13H11Cl2N3OS.C12H11Cl2N3OS.C11H10Cl2N4O2/c1-2-3-10(26)9-25-6-4-12-16(23-19(22)24-18(12)25)15-11-5-7-27-17(11)14(21)8-13(15)20;1-8-4-11(19)9(5-14(8)26-2)16-23-17(25-18(22)24-16)10-6-15(27-3)13(21)7-12(10)20;1-17-10-5-9(18-13(16)19-10)11-6-2-3-20-12(6)8(15)4-7(11)14;1-20-10-5-9(17-13(16)18-10)11-6-2-3-19-12(6)8(15)4-7(11)14;1-18-10-3-6(7(13)4-8(10)14)9-5-11(19-2)17-12(15)16-9;1-18-8-3-5(6(12)4-7(8)13)9-15-10(14)17-11(16-9)19-2/h4,6,8H,2-3,5,7,9H2,1H3,(H2,22,23,24);4-7H,1-3H3,(H2,22,23,24,25);4-5H,2-3H2,1H3,(H3,16,17,18,19);4-5H,2-3H2,1H3,(H2,16,17,18);3-5H,1-2H3,(H2,15,16,17);3-4H,1-2H3,(H2,14,15,16,17). The van der Waals surface area contributed by atoms with E-state index < -0.39 is 0 Å². The number of carbonyl (C=O) groups excluding carboxylic acids is 1. The van der Waals surface area contributed by atoms with Crippen molar-refractivity contribution in [3.8, 4) is 125 Å². The normalized spacial score (nSPS) is 11.8. The number of aryl methyl sites for hydroxylation is 1. The zero-order valence-electron chi connectivity index (χ0n) is 71.2. The van der Waals surface area contributed by atoms with Crippen molar-refractivity contribution < 1.29 is 42.7 Å². The molecule has 46 heteroatoms. The van der Waals surface area contributed by atoms with Crippen molar-refractivity contribution in [3.05, 3.63) is 185 Å². The summed E-state index contributed by atoms with van der Waals surface area (Å²) in [5, 5.41) is 11.3. The van der Waals surface area contributed by atoms with Crippen molar-refractivity contribution >= 4 is 233 Å². The van der Waals surface area contributed by atoms with Gasteiger partial charge in [-0.05, 0) is 116 Å². The van der Waals surface area contributed by atoms with E-state index >= 15 is 0 Å². The fraction of sp³-hybridized carbons (Fsp3) is 0.221. The van der Waals surface area contributed by atoms with Crippen molar-refractivity contribution in [3.63, 3.8) is 0 Å². The van der Waals surface area contributed by atoms with Crippen LogP contribution in [0.5, 0.6) is 46.3 Å². The molecule has 0 fully saturated rings. The quantitative estimate of drug-likeness (QED) is 0.0292. The molecule has 132 heavy (non-hydrogen) atoms. The van der Waals surface area contributed by atoms with E-state index in [0.717, 1.165) is 73.6 Å². The summed E-state index contributed by atoms with van der Waals surface area (Å²) >= 11 is 83.8. The average Bonchev–Trinajstić information content (AvgIpc) is 1.57. The van der Waals surface area contributed by atoms with Gasteiger partial charge in [-0.15, -0.1) is 23.5 Å². The van der Waals surface area contributed by atoms with Crippen LogP contribution in [0.25, 0.3) is 90.2 Å². The van der Waals surface area contributed by atoms with Gasteiger partial charge < -0.3 is 82.2 Å². The molecule has 0 saturated heterocycles. The van der Waals surface area contributed by atoms with Crippen LogP contribution in [0.4, 0.5) is 41.5 Å². The molecule has 3 aliphatic heterocycles. The minimum Gasteiger partial charge on any atom is -0.496 e. The number of rotatable bonds is 19. The number of halogens is 13. The molecule has 0 atom stereocenters. The zero-order valence-corrected chi connectivity index (χ0v) is 82.6. The lowest BCUT2D eigenvalue weighted by molar-refractivity contribution is -0.119. The Kier molecular flexibility index (Phi) is 34.3. The molecule has 13 N–H and O–H groups in total. The number of anilines is 7. The van der Waals surface area contributed by atoms with E-state index in [1.54, 1.807) is 98.6 Å². The van der Waals surface area contributed by atoms with Crippen LogP contribution in [0.1, 0.15) is 42.0 Å². The minimum atomic E-state index is 0.0237. The van der Waals surface area contributed by atoms with E-state index in [9.17, 15) is 4.79 Å². The van der Waals surface area contributed by atoms with E-state index in [1.807, 2.05) is 50.8 Å². The van der Waals surface area contributed by atoms with Gasteiger partial charge in [-0.3, -0.25) is 4.79 Å². The molecule has 0 bridgehead atoms. The summed E-state index contributed by atoms with van der Waals surface area (Å²) in [6, 6.07) is 25.7. The number of ether oxygens (including phenoxy) is 8. The molecule has 3 aliphatic rings. The summed E-state index contributed by atoms with van der Waals surface area (Å²) < 4.78 is 44.4. The van der Waals surface area contributed by atoms with Gasteiger partial charge in [0.2, 0.25) is 35.7 Å². The maximum absolute atomic E-state index is 12.1. The number of thioether (sulfide) groups is 2. The number of nitrogens with one attached hydrogen (secondary N) is 1. The van der Waals surface area contributed by atoms with Crippen LogP contribution in [0.3, 0.4) is 0 Å². The number of hydrogen-bond acceptors (Lipinski definition) is 32. The SMILES string of the molecule is CCCC(=O)Cn1ccc2c(-c3c(Cl)cc(Cl)c4c3CCO4)nc(N)nc21.CNc1cc(-c2c(Cl)cc(Cl)c3c2CCO3)nc(N)n1.COc1cc(-c2cc(SC)nc(N)n2)c(Cl)cc1Cl.COc1cc(-c2nc(N)nc(-c3cc(OC)c(Cl)cc3Cl)n2)c(Cl)cc1C.COc1nc(N)nc(-c2cc(OC)c(Cl)cc2Cl)n1.CSc1cc(-c2c(Cl)cc(Cl)c3c2CCO3)nc(N)n1. The molecule has 7 aromatic heterocycles. The molecule has 17 rings (SSSR count). The number of ketones is 1. The second-order valence-electron chi connectivity index (χ2n) is 27.9. The highest BCUT2D eigenvalue weighted by atomic mass is 35.5. The van der Waals surface area contributed by atoms with Crippen LogP contribution in [-0.2, 0) is 30.6 Å². The number of nitrogens with zero attached hydrogens (tertiary/aromatic N) is 15. The van der Waals surface area contributed by atoms with Gasteiger partial charge in [0.05, 0.1) is 150 Å². The van der Waals surface area contributed by atoms with Crippen LogP contribution in [0.15, 0.2) is 107 Å². The summed E-state index contributed by atoms with van der Waals surface area (Å²) in [4.78, 5) is 70.7. The Morgan fingerprint density at radius 3 is 1.26 bits per heavy atom. The highest BCUT2D eigenvalue weighted by Crippen LogP contribution is 2.50. The zero-order chi connectivity index (χ0) is 95.4. The Morgan fingerprint density at radius 2 is 0.795 bits per heavy atom. The molecule has 0 spiro atoms. The largest absolute Gasteiger partial charge is 0.496 e. The molecule has 31 nitrogen and oxygen atoms in total. The van der Waals surface area contributed by atoms with Gasteiger partial charge in [-0.1, -0.05) is 158 Å². The second-order valence-corrected chi connectivity index (χ2v) is 34.8. The third-order valence-electron chi connectivity index (χ3n) is 19.4. The second kappa shape index (κ2) is 45.1. The molecule has 14 aromatic rings. The number of Topliss-reactive ketones (excluding diaryl/α,β-unsaturated/α-hetero) is 1. The molecule has 0 amide bonds. The molecule has 10 heterocycles. The number of carbonyl (C=O) groups is 1. The van der Waals surface area contributed by atoms with Gasteiger partial charge >= 0.3 is 6.01 Å². The predicted octanol–water partition coefficient (Wildman–Crippen LogP) is 22.3. The summed E-state index contributed by atoms with van der Waals surface area (Å²) in [5.41, 5.74) is 46.3. The van der Waals surface area contributed by atoms with E-state index in [2.05, 4.69) is 75.1 Å². The first-order valence-corrected chi connectivity index (χ1v) is 46.3. The molecule has 0 radical (unpaired) electrons. The Morgan fingerprint density at radius 1 is 0.409 bits per heavy atom. The molecule has 0 aliphatic carbocycles. The molecule has 0 unspecified atom stereocenters. The third-order valence-corrected chi connectivity index (χ3v) is 24.6. The lowest BCUT2D eigenvalue weighted by Gasteiger charge is -2.12. The highest BCUT2D eigenvalue weighted by Gasteiger charge is 2.30. The molecule has 688 valence electrons. The van der Waals surface area contributed by atoms with Crippen LogP contribution in [0.2, 0.25) is 65.3 Å². The summed E-state index contributed by atoms with van der Waals surface area (Å²) in [5.74, 6) is 6.50. The van der Waals surface area contributed by atoms with Crippen LogP contribution < -0.4 is 77.6 Å². The Hall–Kier alpha value is -10.4. The summed E-state index contributed by atoms with van der Waals surface area (Å²) in [7, 11) is 9.32. The van der Waals surface area contributed by atoms with Crippen LogP contribution in [-0.4, -0.2) is 155 Å². The minimum absolute atomic E-state index is 0.0237. The van der Waals surface area contributed by atoms with E-state index in [1.165, 1.54) is 44.9 Å². The first-order valence-electron chi connectivity index (χ1n) is 38.9. The predicted molar refractivity (Wildman–Crippen MR) is 531 cm³/mol. The first-order chi connectivity index (χ1) is 63.1. The average molecular weight is 2090 g/mol. The fourth-order valence-electron chi connectivity index (χ4n) is 13.6. The van der Waals surface area contributed by atoms with Gasteiger partial charge in [0.25, 0.3) is 0 Å². The lowest BCUT2D eigenvalue weighted by atomic mass is 10.00. The highest BCUT2D eigenvalue weighted by molar-refractivity contribution is 7.98. The summed E-state index contributed by atoms with van der Waals surface area (Å²) in [6.07, 6.45) is 9.20. The van der Waals surface area contributed by atoms with Crippen LogP contribution in [0, 0.1) is 6.92 Å². The number of aromatic nitrogens is 15. The van der Waals surface area contributed by atoms with Crippen molar-refractivity contribution in [1.29, 1.82) is 0 Å². The van der Waals surface area contributed by atoms with Gasteiger partial charge in [0.1, 0.15) is 61.8 Å². The number of nitrogen functional groups attached to an aromatic ring is 6. The van der Waals surface area contributed by atoms with Crippen molar-refractivity contribution in [1.82, 2.24) is 74.3 Å². The first kappa shape index (κ1) is 101. The number of nitrogens with two attached hydrogens (primary N) is 6. The Balaban J connectivity index is 0.000000144. The van der Waals surface area contributed by atoms with Crippen LogP contribution >= 0.6 is 174 Å². The van der Waals surface area contributed by atoms with Gasteiger partial charge in [0.15, 0.2) is 23.3 Å². The summed E-state index contributed by atoms with van der Waals surface area (Å²) in [6.45, 7) is 5.85. The van der Waals surface area contributed by atoms with Crippen molar-refractivity contribution in [2.75, 3.05) is 115 Å². The van der Waals surface area contributed by atoms with E-state index in [4.69, 9.17) is 223 Å². The number of hydrogen-bond donors (Lipinski definition) is 7. The molecular weight excluding hydrogens is 2010 g/mol. The van der Waals surface area contributed by atoms with E-state index in [-0.39, 0.29) is 65.7 Å². The van der Waals surface area contributed by atoms with Crippen molar-refractivity contribution in [2.45, 2.75) is 62.5 Å². The maximum Gasteiger partial charge on any atom is 0.321 e. The van der Waals surface area contributed by atoms with Gasteiger partial charge in [-0.25, -0.2) is 34.9 Å².